The average Bonchev–Trinajstić information content (AvgIpc) is 3.24. The number of hydrogen-bond donors (Lipinski definition) is 1. The molecule has 0 aliphatic rings. The highest BCUT2D eigenvalue weighted by atomic mass is 16.5. The van der Waals surface area contributed by atoms with Gasteiger partial charge < -0.3 is 10.2 Å². The molecule has 1 aromatic carbocycles. The fourth-order valence-electron chi connectivity index (χ4n) is 3.31. The second-order valence-corrected chi connectivity index (χ2v) is 6.50. The Morgan fingerprint density at radius 3 is 2.89 bits per heavy atom. The fourth-order valence-corrected chi connectivity index (χ4v) is 3.31. The molecule has 9 heteroatoms. The van der Waals surface area contributed by atoms with Gasteiger partial charge in [0.15, 0.2) is 18.0 Å². The van der Waals surface area contributed by atoms with Crippen molar-refractivity contribution in [3.8, 4) is 5.95 Å². The van der Waals surface area contributed by atoms with E-state index in [0.29, 0.717) is 33.1 Å². The molecule has 0 atom stereocenters. The maximum atomic E-state index is 12.5. The van der Waals surface area contributed by atoms with E-state index >= 15 is 0 Å². The fraction of sp³-hybridized carbons (Fsp3) is 0.105. The molecule has 0 bridgehead atoms. The first-order valence-corrected chi connectivity index (χ1v) is 8.67. The van der Waals surface area contributed by atoms with Crippen LogP contribution in [0.25, 0.3) is 28.1 Å². The van der Waals surface area contributed by atoms with Crippen LogP contribution in [0.2, 0.25) is 0 Å². The van der Waals surface area contributed by atoms with Crippen LogP contribution in [0.5, 0.6) is 0 Å². The molecule has 0 radical (unpaired) electrons. The molecule has 9 nitrogen and oxygen atoms in total. The standard InChI is InChI=1S/C19H15N7O2/c1-12-16-17(25(19(27)22-16)10-13-5-4-8-24(28)9-13)23-18(21-12)26-11-20-14-6-2-3-7-15(14)26/h2-9,11H,10H2,1H3,(H,22,27). The molecule has 1 N–H and O–H groups in total. The van der Waals surface area contributed by atoms with E-state index in [4.69, 9.17) is 0 Å². The summed E-state index contributed by atoms with van der Waals surface area (Å²) in [7, 11) is 0. The lowest BCUT2D eigenvalue weighted by Gasteiger charge is -2.07. The lowest BCUT2D eigenvalue weighted by Crippen LogP contribution is -2.26. The van der Waals surface area contributed by atoms with Gasteiger partial charge in [-0.2, -0.15) is 9.71 Å². The van der Waals surface area contributed by atoms with Gasteiger partial charge in [-0.1, -0.05) is 12.1 Å². The van der Waals surface area contributed by atoms with Crippen LogP contribution in [0.1, 0.15) is 11.3 Å². The third kappa shape index (κ3) is 2.52. The van der Waals surface area contributed by atoms with Crippen molar-refractivity contribution in [1.82, 2.24) is 29.1 Å². The molecule has 0 aliphatic carbocycles. The van der Waals surface area contributed by atoms with Gasteiger partial charge in [-0.25, -0.2) is 14.8 Å². The van der Waals surface area contributed by atoms with Crippen LogP contribution in [0.15, 0.2) is 59.9 Å². The van der Waals surface area contributed by atoms with Crippen molar-refractivity contribution in [2.24, 2.45) is 0 Å². The molecule has 4 aromatic heterocycles. The van der Waals surface area contributed by atoms with E-state index in [1.807, 2.05) is 31.2 Å². The Morgan fingerprint density at radius 2 is 2.04 bits per heavy atom. The largest absolute Gasteiger partial charge is 0.619 e. The Morgan fingerprint density at radius 1 is 1.18 bits per heavy atom. The molecule has 5 rings (SSSR count). The third-order valence-electron chi connectivity index (χ3n) is 4.64. The van der Waals surface area contributed by atoms with E-state index in [1.54, 1.807) is 23.0 Å². The molecule has 4 heterocycles. The van der Waals surface area contributed by atoms with Gasteiger partial charge in [0.2, 0.25) is 5.95 Å². The second-order valence-electron chi connectivity index (χ2n) is 6.50. The summed E-state index contributed by atoms with van der Waals surface area (Å²) in [5.41, 5.74) is 3.81. The highest BCUT2D eigenvalue weighted by Crippen LogP contribution is 2.19. The van der Waals surface area contributed by atoms with Crippen LogP contribution in [0.4, 0.5) is 0 Å². The monoisotopic (exact) mass is 373 g/mol. The molecule has 0 aliphatic heterocycles. The van der Waals surface area contributed by atoms with Gasteiger partial charge in [0.25, 0.3) is 0 Å². The van der Waals surface area contributed by atoms with Crippen LogP contribution in [0, 0.1) is 12.1 Å². The van der Waals surface area contributed by atoms with E-state index in [-0.39, 0.29) is 12.2 Å². The molecule has 138 valence electrons. The molecular weight excluding hydrogens is 358 g/mol. The van der Waals surface area contributed by atoms with Crippen molar-refractivity contribution in [1.29, 1.82) is 0 Å². The van der Waals surface area contributed by atoms with Crippen LogP contribution in [0.3, 0.4) is 0 Å². The number of para-hydroxylation sites is 2. The first kappa shape index (κ1) is 16.2. The van der Waals surface area contributed by atoms with Gasteiger partial charge in [-0.05, 0) is 25.1 Å². The van der Waals surface area contributed by atoms with Crippen molar-refractivity contribution in [3.05, 3.63) is 82.1 Å². The number of rotatable bonds is 3. The SMILES string of the molecule is Cc1nc(-n2cnc3ccccc32)nc2c1[nH]c(=O)n2Cc1ccc[n+]([O-])c1. The molecule has 0 saturated heterocycles. The van der Waals surface area contributed by atoms with Crippen LogP contribution >= 0.6 is 0 Å². The summed E-state index contributed by atoms with van der Waals surface area (Å²) >= 11 is 0. The Kier molecular flexibility index (Phi) is 3.48. The van der Waals surface area contributed by atoms with Crippen molar-refractivity contribution >= 4 is 22.2 Å². The number of aromatic amines is 1. The number of aryl methyl sites for hydroxylation is 1. The van der Waals surface area contributed by atoms with Crippen LogP contribution in [-0.2, 0) is 6.54 Å². The normalized spacial score (nSPS) is 11.5. The molecular formula is C19H15N7O2. The summed E-state index contributed by atoms with van der Waals surface area (Å²) in [4.78, 5) is 28.9. The number of nitrogens with one attached hydrogen (secondary N) is 1. The summed E-state index contributed by atoms with van der Waals surface area (Å²) in [6, 6.07) is 11.1. The molecule has 0 saturated carbocycles. The number of hydrogen-bond acceptors (Lipinski definition) is 5. The minimum Gasteiger partial charge on any atom is -0.619 e. The Balaban J connectivity index is 1.70. The van der Waals surface area contributed by atoms with Crippen molar-refractivity contribution < 1.29 is 4.73 Å². The van der Waals surface area contributed by atoms with E-state index in [9.17, 15) is 10.0 Å². The molecule has 0 spiro atoms. The zero-order valence-electron chi connectivity index (χ0n) is 14.9. The molecule has 28 heavy (non-hydrogen) atoms. The lowest BCUT2D eigenvalue weighted by atomic mass is 10.3. The number of H-pyrrole nitrogens is 1. The predicted octanol–water partition coefficient (Wildman–Crippen LogP) is 1.45. The van der Waals surface area contributed by atoms with Crippen molar-refractivity contribution in [2.75, 3.05) is 0 Å². The summed E-state index contributed by atoms with van der Waals surface area (Å²) in [5, 5.41) is 11.5. The Hall–Kier alpha value is -4.01. The zero-order valence-corrected chi connectivity index (χ0v) is 14.9. The number of fused-ring (bicyclic) bond motifs is 2. The highest BCUT2D eigenvalue weighted by molar-refractivity contribution is 5.78. The number of benzene rings is 1. The first-order valence-electron chi connectivity index (χ1n) is 8.67. The average molecular weight is 373 g/mol. The number of imidazole rings is 2. The summed E-state index contributed by atoms with van der Waals surface area (Å²) in [6.07, 6.45) is 4.50. The van der Waals surface area contributed by atoms with Gasteiger partial charge in [0.05, 0.1) is 23.3 Å². The molecule has 0 amide bonds. The second kappa shape index (κ2) is 6.02. The topological polar surface area (TPSA) is 108 Å². The quantitative estimate of drug-likeness (QED) is 0.380. The molecule has 5 aromatic rings. The minimum absolute atomic E-state index is 0.225. The van der Waals surface area contributed by atoms with Crippen LogP contribution < -0.4 is 10.4 Å². The molecule has 0 unspecified atom stereocenters. The predicted molar refractivity (Wildman–Crippen MR) is 102 cm³/mol. The van der Waals surface area contributed by atoms with Gasteiger partial charge in [0.1, 0.15) is 11.8 Å². The lowest BCUT2D eigenvalue weighted by molar-refractivity contribution is -0.605. The summed E-state index contributed by atoms with van der Waals surface area (Å²) in [5.74, 6) is 0.429. The van der Waals surface area contributed by atoms with Gasteiger partial charge >= 0.3 is 5.69 Å². The minimum atomic E-state index is -0.304. The Bertz CT molecular complexity index is 1400. The number of pyridine rings is 1. The van der Waals surface area contributed by atoms with E-state index in [0.717, 1.165) is 11.0 Å². The summed E-state index contributed by atoms with van der Waals surface area (Å²) in [6.45, 7) is 2.05. The Labute approximate surface area is 158 Å². The maximum absolute atomic E-state index is 12.5. The highest BCUT2D eigenvalue weighted by Gasteiger charge is 2.16. The van der Waals surface area contributed by atoms with Gasteiger partial charge in [-0.15, -0.1) is 0 Å². The van der Waals surface area contributed by atoms with Crippen LogP contribution in [-0.4, -0.2) is 29.1 Å². The van der Waals surface area contributed by atoms with E-state index in [1.165, 1.54) is 17.0 Å². The van der Waals surface area contributed by atoms with Gasteiger partial charge in [-0.3, -0.25) is 9.13 Å². The smallest absolute Gasteiger partial charge is 0.328 e. The van der Waals surface area contributed by atoms with E-state index < -0.39 is 0 Å². The van der Waals surface area contributed by atoms with Crippen molar-refractivity contribution in [3.63, 3.8) is 0 Å². The molecule has 0 fully saturated rings. The third-order valence-corrected chi connectivity index (χ3v) is 4.64. The van der Waals surface area contributed by atoms with Crippen molar-refractivity contribution in [2.45, 2.75) is 13.5 Å². The first-order chi connectivity index (χ1) is 13.6. The summed E-state index contributed by atoms with van der Waals surface area (Å²) < 4.78 is 4.00. The number of aromatic nitrogens is 7. The number of nitrogens with zero attached hydrogens (tertiary/aromatic N) is 6. The zero-order chi connectivity index (χ0) is 19.3. The maximum Gasteiger partial charge on any atom is 0.328 e. The van der Waals surface area contributed by atoms with E-state index in [2.05, 4.69) is 19.9 Å². The van der Waals surface area contributed by atoms with Gasteiger partial charge in [0, 0.05) is 11.6 Å².